The number of likely N-dealkylation sites (tertiary alicyclic amines) is 1. The Morgan fingerprint density at radius 2 is 1.67 bits per heavy atom. The molecule has 1 fully saturated rings. The Hall–Kier alpha value is -3.30. The number of rotatable bonds is 3. The lowest BCUT2D eigenvalue weighted by atomic mass is 10.0. The van der Waals surface area contributed by atoms with Crippen molar-refractivity contribution < 1.29 is 18.0 Å². The molecule has 0 bridgehead atoms. The molecule has 0 aliphatic carbocycles. The van der Waals surface area contributed by atoms with Crippen molar-refractivity contribution in [1.82, 2.24) is 23.8 Å². The van der Waals surface area contributed by atoms with Crippen molar-refractivity contribution in [3.05, 3.63) is 70.7 Å². The molecule has 1 amide bonds. The third-order valence-corrected chi connectivity index (χ3v) is 5.37. The molecule has 30 heavy (non-hydrogen) atoms. The number of nitrogens with zero attached hydrogens (tertiary/aromatic N) is 5. The summed E-state index contributed by atoms with van der Waals surface area (Å²) in [5, 5.41) is 3.50. The van der Waals surface area contributed by atoms with Gasteiger partial charge in [-0.2, -0.15) is 13.2 Å². The van der Waals surface area contributed by atoms with Gasteiger partial charge < -0.3 is 9.47 Å². The number of aromatic nitrogens is 4. The summed E-state index contributed by atoms with van der Waals surface area (Å²) in [7, 11) is 1.06. The maximum absolute atomic E-state index is 13.0. The number of carbonyl (C=O) groups excluding carboxylic acids is 1. The third-order valence-electron chi connectivity index (χ3n) is 5.37. The van der Waals surface area contributed by atoms with Gasteiger partial charge in [-0.1, -0.05) is 0 Å². The van der Waals surface area contributed by atoms with Gasteiger partial charge in [0.15, 0.2) is 0 Å². The highest BCUT2D eigenvalue weighted by molar-refractivity contribution is 5.94. The van der Waals surface area contributed by atoms with Crippen molar-refractivity contribution >= 4 is 5.91 Å². The zero-order valence-electron chi connectivity index (χ0n) is 16.2. The van der Waals surface area contributed by atoms with Crippen LogP contribution in [0.2, 0.25) is 0 Å². The Kier molecular flexibility index (Phi) is 5.00. The van der Waals surface area contributed by atoms with E-state index < -0.39 is 23.7 Å². The second-order valence-electron chi connectivity index (χ2n) is 7.27. The van der Waals surface area contributed by atoms with Crippen molar-refractivity contribution in [2.45, 2.75) is 25.1 Å². The molecule has 1 aliphatic rings. The molecule has 3 aromatic rings. The first-order chi connectivity index (χ1) is 14.3. The van der Waals surface area contributed by atoms with E-state index in [0.717, 1.165) is 17.4 Å². The van der Waals surface area contributed by atoms with Gasteiger partial charge in [0.1, 0.15) is 0 Å². The topological polar surface area (TPSA) is 65.1 Å². The van der Waals surface area contributed by atoms with Crippen LogP contribution in [0.5, 0.6) is 0 Å². The molecule has 10 heteroatoms. The van der Waals surface area contributed by atoms with Gasteiger partial charge in [0.2, 0.25) is 5.82 Å². The lowest BCUT2D eigenvalue weighted by Crippen LogP contribution is -2.41. The zero-order chi connectivity index (χ0) is 21.5. The minimum absolute atomic E-state index is 0.142. The van der Waals surface area contributed by atoms with Crippen LogP contribution in [0.3, 0.4) is 0 Å². The number of alkyl halides is 3. The first-order valence-corrected chi connectivity index (χ1v) is 9.51. The van der Waals surface area contributed by atoms with Gasteiger partial charge in [0.25, 0.3) is 5.91 Å². The van der Waals surface area contributed by atoms with Crippen LogP contribution in [0, 0.1) is 0 Å². The predicted molar refractivity (Wildman–Crippen MR) is 102 cm³/mol. The van der Waals surface area contributed by atoms with E-state index in [2.05, 4.69) is 5.10 Å². The highest BCUT2D eigenvalue weighted by Crippen LogP contribution is 2.28. The molecule has 0 radical (unpaired) electrons. The number of hydrogen-bond acceptors (Lipinski definition) is 3. The van der Waals surface area contributed by atoms with Crippen molar-refractivity contribution in [2.75, 3.05) is 13.1 Å². The summed E-state index contributed by atoms with van der Waals surface area (Å²) in [4.78, 5) is 26.6. The summed E-state index contributed by atoms with van der Waals surface area (Å²) in [6.07, 6.45) is -0.151. The van der Waals surface area contributed by atoms with Crippen LogP contribution >= 0.6 is 0 Å². The number of benzene rings is 1. The SMILES string of the molecule is Cn1c(C(F)(F)F)nn(C2CCN(C(=O)c3ccc(-n4cccc4)cc3)CC2)c1=O. The largest absolute Gasteiger partial charge is 0.451 e. The summed E-state index contributed by atoms with van der Waals surface area (Å²) >= 11 is 0. The number of amides is 1. The summed E-state index contributed by atoms with van der Waals surface area (Å²) in [6.45, 7) is 0.681. The number of carbonyl (C=O) groups is 1. The first kappa shape index (κ1) is 20.0. The van der Waals surface area contributed by atoms with Crippen LogP contribution in [-0.4, -0.2) is 42.8 Å². The molecule has 0 N–H and O–H groups in total. The fourth-order valence-electron chi connectivity index (χ4n) is 3.72. The first-order valence-electron chi connectivity index (χ1n) is 9.51. The maximum Gasteiger partial charge on any atom is 0.451 e. The third kappa shape index (κ3) is 3.64. The van der Waals surface area contributed by atoms with Gasteiger partial charge in [-0.05, 0) is 49.2 Å². The van der Waals surface area contributed by atoms with Crippen LogP contribution in [0.4, 0.5) is 13.2 Å². The van der Waals surface area contributed by atoms with Crippen molar-refractivity contribution in [2.24, 2.45) is 7.05 Å². The normalized spacial score (nSPS) is 15.5. The highest BCUT2D eigenvalue weighted by Gasteiger charge is 2.39. The smallest absolute Gasteiger partial charge is 0.338 e. The molecular formula is C20H20F3N5O2. The molecule has 3 heterocycles. The molecule has 4 rings (SSSR count). The van der Waals surface area contributed by atoms with E-state index in [9.17, 15) is 22.8 Å². The fourth-order valence-corrected chi connectivity index (χ4v) is 3.72. The Bertz CT molecular complexity index is 1090. The summed E-state index contributed by atoms with van der Waals surface area (Å²) < 4.78 is 42.3. The number of piperidine rings is 1. The molecule has 158 valence electrons. The standard InChI is InChI=1S/C20H20F3N5O2/c1-25-18(20(21,22)23)24-28(19(25)30)16-8-12-27(13-9-16)17(29)14-4-6-15(7-5-14)26-10-2-3-11-26/h2-7,10-11,16H,8-9,12-13H2,1H3. The summed E-state index contributed by atoms with van der Waals surface area (Å²) in [5.74, 6) is -1.36. The van der Waals surface area contributed by atoms with Gasteiger partial charge in [-0.3, -0.25) is 9.36 Å². The molecule has 1 saturated heterocycles. The Balaban J connectivity index is 1.44. The quantitative estimate of drug-likeness (QED) is 0.656. The van der Waals surface area contributed by atoms with Crippen molar-refractivity contribution in [3.8, 4) is 5.69 Å². The van der Waals surface area contributed by atoms with Gasteiger partial charge in [-0.25, -0.2) is 9.48 Å². The van der Waals surface area contributed by atoms with E-state index in [0.29, 0.717) is 36.1 Å². The molecule has 2 aromatic heterocycles. The van der Waals surface area contributed by atoms with Crippen LogP contribution < -0.4 is 5.69 Å². The van der Waals surface area contributed by atoms with E-state index in [-0.39, 0.29) is 5.91 Å². The monoisotopic (exact) mass is 419 g/mol. The predicted octanol–water partition coefficient (Wildman–Crippen LogP) is 2.87. The van der Waals surface area contributed by atoms with Gasteiger partial charge in [0.05, 0.1) is 6.04 Å². The van der Waals surface area contributed by atoms with Crippen molar-refractivity contribution in [3.63, 3.8) is 0 Å². The second-order valence-corrected chi connectivity index (χ2v) is 7.27. The van der Waals surface area contributed by atoms with E-state index in [1.165, 1.54) is 0 Å². The van der Waals surface area contributed by atoms with Crippen LogP contribution in [-0.2, 0) is 13.2 Å². The molecule has 1 aromatic carbocycles. The molecule has 7 nitrogen and oxygen atoms in total. The Morgan fingerprint density at radius 1 is 1.07 bits per heavy atom. The number of hydrogen-bond donors (Lipinski definition) is 0. The Labute approximate surface area is 169 Å². The molecule has 0 spiro atoms. The second kappa shape index (κ2) is 7.51. The van der Waals surface area contributed by atoms with E-state index in [4.69, 9.17) is 0 Å². The van der Waals surface area contributed by atoms with Crippen LogP contribution in [0.15, 0.2) is 53.6 Å². The average molecular weight is 419 g/mol. The Morgan fingerprint density at radius 3 is 2.20 bits per heavy atom. The van der Waals surface area contributed by atoms with E-state index >= 15 is 0 Å². The summed E-state index contributed by atoms with van der Waals surface area (Å²) in [5.41, 5.74) is 0.677. The molecule has 0 saturated carbocycles. The molecule has 0 atom stereocenters. The fraction of sp³-hybridized carbons (Fsp3) is 0.350. The minimum atomic E-state index is -4.69. The lowest BCUT2D eigenvalue weighted by molar-refractivity contribution is -0.147. The molecule has 1 aliphatic heterocycles. The van der Waals surface area contributed by atoms with Gasteiger partial charge in [-0.15, -0.1) is 5.10 Å². The lowest BCUT2D eigenvalue weighted by Gasteiger charge is -2.31. The van der Waals surface area contributed by atoms with Gasteiger partial charge >= 0.3 is 11.9 Å². The van der Waals surface area contributed by atoms with E-state index in [1.807, 2.05) is 41.2 Å². The van der Waals surface area contributed by atoms with Crippen LogP contribution in [0.1, 0.15) is 35.1 Å². The summed E-state index contributed by atoms with van der Waals surface area (Å²) in [6, 6.07) is 10.6. The minimum Gasteiger partial charge on any atom is -0.338 e. The molecular weight excluding hydrogens is 399 g/mol. The average Bonchev–Trinajstić information content (AvgIpc) is 3.37. The van der Waals surface area contributed by atoms with Crippen molar-refractivity contribution in [1.29, 1.82) is 0 Å². The number of halogens is 3. The maximum atomic E-state index is 13.0. The van der Waals surface area contributed by atoms with E-state index in [1.54, 1.807) is 17.0 Å². The molecule has 0 unspecified atom stereocenters. The van der Waals surface area contributed by atoms with Gasteiger partial charge in [0, 0.05) is 43.8 Å². The zero-order valence-corrected chi connectivity index (χ0v) is 16.2. The van der Waals surface area contributed by atoms with Crippen LogP contribution in [0.25, 0.3) is 5.69 Å². The highest BCUT2D eigenvalue weighted by atomic mass is 19.4.